The molecule has 1 unspecified atom stereocenters. The second-order valence-corrected chi connectivity index (χ2v) is 9.83. The quantitative estimate of drug-likeness (QED) is 0.359. The summed E-state index contributed by atoms with van der Waals surface area (Å²) < 4.78 is 1.94. The molecule has 3 amide bonds. The third-order valence-electron chi connectivity index (χ3n) is 6.71. The summed E-state index contributed by atoms with van der Waals surface area (Å²) in [6.45, 7) is 6.79. The van der Waals surface area contributed by atoms with E-state index in [1.165, 1.54) is 5.56 Å². The van der Waals surface area contributed by atoms with Crippen molar-refractivity contribution in [2.24, 2.45) is 0 Å². The highest BCUT2D eigenvalue weighted by atomic mass is 16.2. The van der Waals surface area contributed by atoms with Crippen molar-refractivity contribution in [1.82, 2.24) is 15.2 Å². The number of anilines is 1. The number of benzene rings is 3. The summed E-state index contributed by atoms with van der Waals surface area (Å²) in [6, 6.07) is 21.0. The lowest BCUT2D eigenvalue weighted by Gasteiger charge is -2.27. The molecule has 1 atom stereocenters. The predicted octanol–water partition coefficient (Wildman–Crippen LogP) is 4.81. The first-order chi connectivity index (χ1) is 17.8. The van der Waals surface area contributed by atoms with Crippen LogP contribution in [-0.4, -0.2) is 28.8 Å². The third-order valence-corrected chi connectivity index (χ3v) is 6.71. The summed E-state index contributed by atoms with van der Waals surface area (Å²) in [4.78, 5) is 38.2. The number of nitrogens with one attached hydrogen (secondary N) is 3. The van der Waals surface area contributed by atoms with Gasteiger partial charge < -0.3 is 20.5 Å². The molecule has 0 radical (unpaired) electrons. The van der Waals surface area contributed by atoms with E-state index >= 15 is 0 Å². The van der Waals surface area contributed by atoms with Crippen LogP contribution in [0.3, 0.4) is 0 Å². The highest BCUT2D eigenvalue weighted by molar-refractivity contribution is 6.06. The molecule has 0 fully saturated rings. The van der Waals surface area contributed by atoms with Crippen molar-refractivity contribution in [3.05, 3.63) is 100 Å². The van der Waals surface area contributed by atoms with Crippen molar-refractivity contribution in [2.75, 3.05) is 11.9 Å². The Morgan fingerprint density at radius 2 is 1.65 bits per heavy atom. The Balaban J connectivity index is 1.34. The summed E-state index contributed by atoms with van der Waals surface area (Å²) >= 11 is 0. The predicted molar refractivity (Wildman–Crippen MR) is 145 cm³/mol. The summed E-state index contributed by atoms with van der Waals surface area (Å²) in [5.74, 6) is -0.434. The summed E-state index contributed by atoms with van der Waals surface area (Å²) in [6.07, 6.45) is 0.244. The number of amides is 3. The van der Waals surface area contributed by atoms with Crippen molar-refractivity contribution >= 4 is 34.3 Å². The molecule has 188 valence electrons. The fourth-order valence-corrected chi connectivity index (χ4v) is 4.94. The minimum atomic E-state index is -0.209. The van der Waals surface area contributed by atoms with E-state index in [0.717, 1.165) is 27.6 Å². The summed E-state index contributed by atoms with van der Waals surface area (Å²) in [5, 5.41) is 9.69. The standard InChI is InChI=1S/C30H30N4O3/c1-18-4-6-21(7-5-18)16-31-28(35)15-25-17-32-30(37)27-14-22-13-24(8-9-26(22)34(25)27)33-29(36)23-11-19(2)10-20(3)12-23/h4-14,25H,15-17H2,1-3H3,(H,31,35)(H,32,37)(H,33,36). The summed E-state index contributed by atoms with van der Waals surface area (Å²) in [5.41, 5.74) is 6.88. The second-order valence-electron chi connectivity index (χ2n) is 9.83. The maximum atomic E-state index is 12.8. The molecule has 1 aliphatic heterocycles. The number of fused-ring (bicyclic) bond motifs is 3. The van der Waals surface area contributed by atoms with Crippen LogP contribution in [0.15, 0.2) is 66.7 Å². The molecular formula is C30H30N4O3. The van der Waals surface area contributed by atoms with Crippen LogP contribution in [0, 0.1) is 20.8 Å². The largest absolute Gasteiger partial charge is 0.352 e. The molecule has 2 heterocycles. The van der Waals surface area contributed by atoms with Gasteiger partial charge in [-0.05, 0) is 62.7 Å². The van der Waals surface area contributed by atoms with Crippen LogP contribution in [0.2, 0.25) is 0 Å². The maximum absolute atomic E-state index is 12.8. The fourth-order valence-electron chi connectivity index (χ4n) is 4.94. The number of rotatable bonds is 6. The first-order valence-electron chi connectivity index (χ1n) is 12.4. The number of hydrogen-bond acceptors (Lipinski definition) is 3. The van der Waals surface area contributed by atoms with Crippen LogP contribution in [0.4, 0.5) is 5.69 Å². The molecule has 0 saturated carbocycles. The van der Waals surface area contributed by atoms with E-state index in [1.807, 2.05) is 92.1 Å². The second kappa shape index (κ2) is 9.93. The molecule has 4 aromatic rings. The average Bonchev–Trinajstić information content (AvgIpc) is 3.25. The van der Waals surface area contributed by atoms with Gasteiger partial charge in [0.1, 0.15) is 5.69 Å². The van der Waals surface area contributed by atoms with E-state index in [0.29, 0.717) is 30.0 Å². The molecule has 1 aromatic heterocycles. The monoisotopic (exact) mass is 494 g/mol. The van der Waals surface area contributed by atoms with Crippen molar-refractivity contribution in [2.45, 2.75) is 39.8 Å². The molecule has 0 aliphatic carbocycles. The van der Waals surface area contributed by atoms with E-state index in [9.17, 15) is 14.4 Å². The van der Waals surface area contributed by atoms with Gasteiger partial charge in [0.15, 0.2) is 0 Å². The summed E-state index contributed by atoms with van der Waals surface area (Å²) in [7, 11) is 0. The van der Waals surface area contributed by atoms with Gasteiger partial charge in [0.05, 0.1) is 6.04 Å². The first-order valence-corrected chi connectivity index (χ1v) is 12.4. The molecule has 7 heteroatoms. The molecule has 5 rings (SSSR count). The highest BCUT2D eigenvalue weighted by Gasteiger charge is 2.28. The molecule has 0 spiro atoms. The lowest BCUT2D eigenvalue weighted by Crippen LogP contribution is -2.40. The van der Waals surface area contributed by atoms with Crippen molar-refractivity contribution < 1.29 is 14.4 Å². The van der Waals surface area contributed by atoms with E-state index in [2.05, 4.69) is 16.0 Å². The Labute approximate surface area is 215 Å². The number of aromatic nitrogens is 1. The topological polar surface area (TPSA) is 92.2 Å². The van der Waals surface area contributed by atoms with E-state index < -0.39 is 0 Å². The van der Waals surface area contributed by atoms with Gasteiger partial charge in [0, 0.05) is 41.7 Å². The number of carbonyl (C=O) groups excluding carboxylic acids is 3. The van der Waals surface area contributed by atoms with Crippen LogP contribution < -0.4 is 16.0 Å². The van der Waals surface area contributed by atoms with Gasteiger partial charge in [-0.3, -0.25) is 14.4 Å². The molecular weight excluding hydrogens is 464 g/mol. The Morgan fingerprint density at radius 3 is 2.38 bits per heavy atom. The van der Waals surface area contributed by atoms with Gasteiger partial charge in [-0.1, -0.05) is 47.0 Å². The van der Waals surface area contributed by atoms with E-state index in [4.69, 9.17) is 0 Å². The lowest BCUT2D eigenvalue weighted by molar-refractivity contribution is -0.122. The molecule has 3 N–H and O–H groups in total. The number of nitrogens with zero attached hydrogens (tertiary/aromatic N) is 1. The van der Waals surface area contributed by atoms with Gasteiger partial charge in [-0.2, -0.15) is 0 Å². The zero-order chi connectivity index (χ0) is 26.1. The van der Waals surface area contributed by atoms with Gasteiger partial charge in [0.2, 0.25) is 5.91 Å². The minimum absolute atomic E-state index is 0.0770. The highest BCUT2D eigenvalue weighted by Crippen LogP contribution is 2.30. The van der Waals surface area contributed by atoms with Crippen LogP contribution in [0.1, 0.15) is 55.6 Å². The Hall–Kier alpha value is -4.39. The molecule has 1 aliphatic rings. The van der Waals surface area contributed by atoms with Crippen molar-refractivity contribution in [3.8, 4) is 0 Å². The SMILES string of the molecule is Cc1ccc(CNC(=O)CC2CNC(=O)c3cc4cc(NC(=O)c5cc(C)cc(C)c5)ccc4n32)cc1. The van der Waals surface area contributed by atoms with Crippen LogP contribution in [0.25, 0.3) is 10.9 Å². The molecule has 0 saturated heterocycles. The zero-order valence-corrected chi connectivity index (χ0v) is 21.2. The van der Waals surface area contributed by atoms with Gasteiger partial charge >= 0.3 is 0 Å². The Bertz CT molecular complexity index is 1500. The average molecular weight is 495 g/mol. The van der Waals surface area contributed by atoms with Gasteiger partial charge in [-0.25, -0.2) is 0 Å². The van der Waals surface area contributed by atoms with Gasteiger partial charge in [-0.15, -0.1) is 0 Å². The molecule has 37 heavy (non-hydrogen) atoms. The number of aryl methyl sites for hydroxylation is 3. The smallest absolute Gasteiger partial charge is 0.268 e. The maximum Gasteiger partial charge on any atom is 0.268 e. The van der Waals surface area contributed by atoms with Crippen LogP contribution in [0.5, 0.6) is 0 Å². The first kappa shape index (κ1) is 24.3. The van der Waals surface area contributed by atoms with Crippen LogP contribution in [-0.2, 0) is 11.3 Å². The van der Waals surface area contributed by atoms with E-state index in [-0.39, 0.29) is 30.2 Å². The molecule has 7 nitrogen and oxygen atoms in total. The zero-order valence-electron chi connectivity index (χ0n) is 21.2. The Morgan fingerprint density at radius 1 is 0.919 bits per heavy atom. The molecule has 3 aromatic carbocycles. The Kier molecular flexibility index (Phi) is 6.53. The fraction of sp³-hybridized carbons (Fsp3) is 0.233. The minimum Gasteiger partial charge on any atom is -0.352 e. The number of hydrogen-bond donors (Lipinski definition) is 3. The molecule has 0 bridgehead atoms. The lowest BCUT2D eigenvalue weighted by atomic mass is 10.1. The van der Waals surface area contributed by atoms with E-state index in [1.54, 1.807) is 0 Å². The normalized spacial score (nSPS) is 14.7. The number of carbonyl (C=O) groups is 3. The third kappa shape index (κ3) is 5.26. The van der Waals surface area contributed by atoms with Crippen LogP contribution >= 0.6 is 0 Å². The van der Waals surface area contributed by atoms with Crippen molar-refractivity contribution in [3.63, 3.8) is 0 Å². The van der Waals surface area contributed by atoms with Crippen molar-refractivity contribution in [1.29, 1.82) is 0 Å². The van der Waals surface area contributed by atoms with Gasteiger partial charge in [0.25, 0.3) is 11.8 Å².